The molecule has 0 fully saturated rings. The van der Waals surface area contributed by atoms with E-state index >= 15 is 0 Å². The molecule has 0 atom stereocenters. The number of rotatable bonds is 0. The summed E-state index contributed by atoms with van der Waals surface area (Å²) in [5.74, 6) is 0. The molecule has 0 aliphatic carbocycles. The van der Waals surface area contributed by atoms with Crippen LogP contribution in [0.5, 0.6) is 0 Å². The summed E-state index contributed by atoms with van der Waals surface area (Å²) in [5, 5.41) is 6.42. The van der Waals surface area contributed by atoms with Gasteiger partial charge in [0.25, 0.3) is 0 Å². The minimum Gasteiger partial charge on any atom is -0.166 e. The highest BCUT2D eigenvalue weighted by atomic mass is 19.4. The van der Waals surface area contributed by atoms with Crippen molar-refractivity contribution in [2.75, 3.05) is 0 Å². The number of hydrogen-bond donors (Lipinski definition) is 0. The second-order valence-corrected chi connectivity index (χ2v) is 8.42. The summed E-state index contributed by atoms with van der Waals surface area (Å²) in [6.07, 6.45) is -8.98. The van der Waals surface area contributed by atoms with Gasteiger partial charge in [0, 0.05) is 0 Å². The van der Waals surface area contributed by atoms with Gasteiger partial charge in [-0.05, 0) is 78.1 Å². The van der Waals surface area contributed by atoms with Crippen molar-refractivity contribution in [2.45, 2.75) is 12.4 Å². The average molecular weight is 464 g/mol. The Labute approximate surface area is 189 Å². The second kappa shape index (κ2) is 6.86. The molecular formula is C28H14F6. The molecule has 6 rings (SSSR count). The zero-order chi connectivity index (χ0) is 23.8. The van der Waals surface area contributed by atoms with Crippen LogP contribution in [-0.4, -0.2) is 0 Å². The molecule has 168 valence electrons. The van der Waals surface area contributed by atoms with Crippen molar-refractivity contribution in [1.82, 2.24) is 0 Å². The van der Waals surface area contributed by atoms with E-state index in [9.17, 15) is 26.3 Å². The van der Waals surface area contributed by atoms with E-state index in [2.05, 4.69) is 0 Å². The summed E-state index contributed by atoms with van der Waals surface area (Å²) in [6, 6.07) is 21.8. The molecule has 0 aliphatic rings. The first-order valence-electron chi connectivity index (χ1n) is 10.5. The van der Waals surface area contributed by atoms with Gasteiger partial charge < -0.3 is 0 Å². The molecule has 0 heterocycles. The van der Waals surface area contributed by atoms with E-state index in [1.54, 1.807) is 12.1 Å². The topological polar surface area (TPSA) is 0 Å². The van der Waals surface area contributed by atoms with Gasteiger partial charge in [-0.3, -0.25) is 0 Å². The van der Waals surface area contributed by atoms with Crippen molar-refractivity contribution >= 4 is 53.9 Å². The van der Waals surface area contributed by atoms with Gasteiger partial charge in [-0.2, -0.15) is 26.3 Å². The van der Waals surface area contributed by atoms with Crippen LogP contribution in [0.25, 0.3) is 53.9 Å². The van der Waals surface area contributed by atoms with Crippen molar-refractivity contribution in [1.29, 1.82) is 0 Å². The lowest BCUT2D eigenvalue weighted by atomic mass is 9.91. The molecule has 0 bridgehead atoms. The van der Waals surface area contributed by atoms with E-state index < -0.39 is 23.5 Å². The third-order valence-corrected chi connectivity index (χ3v) is 6.45. The highest BCUT2D eigenvalue weighted by Crippen LogP contribution is 2.41. The lowest BCUT2D eigenvalue weighted by Crippen LogP contribution is -2.04. The van der Waals surface area contributed by atoms with Crippen LogP contribution in [0.4, 0.5) is 26.3 Å². The highest BCUT2D eigenvalue weighted by molar-refractivity contribution is 6.28. The van der Waals surface area contributed by atoms with Gasteiger partial charge in [0.1, 0.15) is 0 Å². The minimum atomic E-state index is -4.49. The number of alkyl halides is 6. The zero-order valence-electron chi connectivity index (χ0n) is 17.4. The molecule has 34 heavy (non-hydrogen) atoms. The number of halogens is 6. The first-order chi connectivity index (χ1) is 16.1. The number of benzene rings is 6. The molecule has 0 spiro atoms. The molecule has 0 saturated carbocycles. The summed E-state index contributed by atoms with van der Waals surface area (Å²) < 4.78 is 80.7. The van der Waals surface area contributed by atoms with Crippen LogP contribution in [0.1, 0.15) is 11.1 Å². The van der Waals surface area contributed by atoms with Crippen LogP contribution < -0.4 is 0 Å². The molecule has 0 unspecified atom stereocenters. The monoisotopic (exact) mass is 464 g/mol. The van der Waals surface area contributed by atoms with Crippen LogP contribution in [0.3, 0.4) is 0 Å². The quantitative estimate of drug-likeness (QED) is 0.155. The van der Waals surface area contributed by atoms with E-state index in [-0.39, 0.29) is 0 Å². The maximum Gasteiger partial charge on any atom is 0.416 e. The fourth-order valence-electron chi connectivity index (χ4n) is 4.87. The number of hydrogen-bond acceptors (Lipinski definition) is 0. The maximum absolute atomic E-state index is 13.5. The van der Waals surface area contributed by atoms with Gasteiger partial charge in [-0.1, -0.05) is 60.7 Å². The molecule has 6 heteroatoms. The van der Waals surface area contributed by atoms with Gasteiger partial charge in [-0.25, -0.2) is 0 Å². The Hall–Kier alpha value is -3.80. The van der Waals surface area contributed by atoms with E-state index in [1.165, 1.54) is 12.1 Å². The van der Waals surface area contributed by atoms with E-state index in [1.807, 2.05) is 36.4 Å². The predicted molar refractivity (Wildman–Crippen MR) is 124 cm³/mol. The van der Waals surface area contributed by atoms with Gasteiger partial charge in [0.15, 0.2) is 0 Å². The van der Waals surface area contributed by atoms with Crippen molar-refractivity contribution in [3.63, 3.8) is 0 Å². The first-order valence-corrected chi connectivity index (χ1v) is 10.5. The van der Waals surface area contributed by atoms with Crippen LogP contribution in [0.2, 0.25) is 0 Å². The molecular weight excluding hydrogens is 450 g/mol. The van der Waals surface area contributed by atoms with Gasteiger partial charge in [-0.15, -0.1) is 0 Å². The maximum atomic E-state index is 13.5. The normalized spacial score (nSPS) is 13.0. The zero-order valence-corrected chi connectivity index (χ0v) is 17.4. The molecule has 0 saturated heterocycles. The molecule has 0 radical (unpaired) electrons. The summed E-state index contributed by atoms with van der Waals surface area (Å²) >= 11 is 0. The molecule has 0 amide bonds. The van der Waals surface area contributed by atoms with Crippen LogP contribution in [0.15, 0.2) is 84.9 Å². The Balaban J connectivity index is 1.80. The van der Waals surface area contributed by atoms with Crippen LogP contribution in [-0.2, 0) is 12.4 Å². The van der Waals surface area contributed by atoms with Gasteiger partial charge in [0.2, 0.25) is 0 Å². The highest BCUT2D eigenvalue weighted by Gasteiger charge is 2.31. The van der Waals surface area contributed by atoms with E-state index in [0.29, 0.717) is 43.1 Å². The minimum absolute atomic E-state index is 0.452. The molecule has 0 aliphatic heterocycles. The molecule has 0 aromatic heterocycles. The molecule has 0 nitrogen and oxygen atoms in total. The lowest BCUT2D eigenvalue weighted by Gasteiger charge is -2.14. The Bertz CT molecular complexity index is 1640. The summed E-state index contributed by atoms with van der Waals surface area (Å²) in [4.78, 5) is 0. The third-order valence-electron chi connectivity index (χ3n) is 6.45. The predicted octanol–water partition coefficient (Wildman–Crippen LogP) is 9.49. The van der Waals surface area contributed by atoms with Crippen LogP contribution in [0, 0.1) is 0 Å². The van der Waals surface area contributed by atoms with Crippen molar-refractivity contribution in [3.05, 3.63) is 96.1 Å². The Kier molecular flexibility index (Phi) is 4.19. The fraction of sp³-hybridized carbons (Fsp3) is 0.0714. The van der Waals surface area contributed by atoms with E-state index in [0.717, 1.165) is 35.0 Å². The standard InChI is InChI=1S/C28H14F6/c29-27(30,31)19-9-5-15-1-3-17-7-11-22-21(25(17)23(15)13-19)12-8-18-4-2-16-6-10-20(28(32,33)34)14-24(16)26(18)22/h1-14H. The summed E-state index contributed by atoms with van der Waals surface area (Å²) in [6.45, 7) is 0. The summed E-state index contributed by atoms with van der Waals surface area (Å²) in [7, 11) is 0. The second-order valence-electron chi connectivity index (χ2n) is 8.42. The summed E-state index contributed by atoms with van der Waals surface area (Å²) in [5.41, 5.74) is -1.49. The van der Waals surface area contributed by atoms with E-state index in [4.69, 9.17) is 0 Å². The van der Waals surface area contributed by atoms with Gasteiger partial charge in [0.05, 0.1) is 11.1 Å². The van der Waals surface area contributed by atoms with Crippen molar-refractivity contribution in [2.24, 2.45) is 0 Å². The Morgan fingerprint density at radius 1 is 0.353 bits per heavy atom. The molecule has 6 aromatic carbocycles. The van der Waals surface area contributed by atoms with Crippen molar-refractivity contribution in [3.8, 4) is 0 Å². The first kappa shape index (κ1) is 20.8. The number of fused-ring (bicyclic) bond motifs is 9. The Morgan fingerprint density at radius 3 is 1.06 bits per heavy atom. The third kappa shape index (κ3) is 3.09. The molecule has 6 aromatic rings. The van der Waals surface area contributed by atoms with Crippen LogP contribution >= 0.6 is 0 Å². The largest absolute Gasteiger partial charge is 0.416 e. The van der Waals surface area contributed by atoms with Crippen molar-refractivity contribution < 1.29 is 26.3 Å². The van der Waals surface area contributed by atoms with Gasteiger partial charge >= 0.3 is 12.4 Å². The fourth-order valence-corrected chi connectivity index (χ4v) is 4.87. The SMILES string of the molecule is FC(F)(F)c1ccc2ccc3ccc4c(ccc5ccc6ccc(C(F)(F)F)cc6c54)c3c2c1. The average Bonchev–Trinajstić information content (AvgIpc) is 2.81. The smallest absolute Gasteiger partial charge is 0.166 e. The lowest BCUT2D eigenvalue weighted by molar-refractivity contribution is -0.138. The molecule has 0 N–H and O–H groups in total. The Morgan fingerprint density at radius 2 is 0.676 bits per heavy atom.